The largest absolute Gasteiger partial charge is 0.479 e. The first-order valence-electron chi connectivity index (χ1n) is 4.69. The summed E-state index contributed by atoms with van der Waals surface area (Å²) < 4.78 is 5.59. The molecule has 0 spiro atoms. The zero-order chi connectivity index (χ0) is 13.0. The molecule has 0 aromatic heterocycles. The highest BCUT2D eigenvalue weighted by Crippen LogP contribution is 2.23. The summed E-state index contributed by atoms with van der Waals surface area (Å²) in [7, 11) is 0. The molecule has 0 aliphatic heterocycles. The molecule has 1 atom stereocenters. The predicted molar refractivity (Wildman–Crippen MR) is 62.7 cm³/mol. The number of nitro groups is 1. The zero-order valence-corrected chi connectivity index (χ0v) is 10.5. The maximum Gasteiger partial charge on any atom is 0.332 e. The fraction of sp³-hybridized carbons (Fsp3) is 0.300. The van der Waals surface area contributed by atoms with E-state index in [1.54, 1.807) is 0 Å². The van der Waals surface area contributed by atoms with Crippen molar-refractivity contribution in [3.05, 3.63) is 38.3 Å². The second-order valence-electron chi connectivity index (χ2n) is 3.32. The first kappa shape index (κ1) is 13.6. The topological polar surface area (TPSA) is 89.7 Å². The molecule has 0 amide bonds. The summed E-state index contributed by atoms with van der Waals surface area (Å²) in [6, 6.07) is 4.22. The Morgan fingerprint density at radius 1 is 1.65 bits per heavy atom. The Morgan fingerprint density at radius 2 is 2.29 bits per heavy atom. The molecule has 17 heavy (non-hydrogen) atoms. The lowest BCUT2D eigenvalue weighted by atomic mass is 10.2. The van der Waals surface area contributed by atoms with Crippen LogP contribution in [0.4, 0.5) is 5.69 Å². The quantitative estimate of drug-likeness (QED) is 0.666. The van der Waals surface area contributed by atoms with E-state index in [2.05, 4.69) is 15.9 Å². The van der Waals surface area contributed by atoms with E-state index >= 15 is 0 Å². The molecule has 0 aliphatic rings. The maximum absolute atomic E-state index is 10.5. The molecule has 1 N–H and O–H groups in total. The van der Waals surface area contributed by atoms with Gasteiger partial charge in [-0.25, -0.2) is 4.79 Å². The van der Waals surface area contributed by atoms with Crippen LogP contribution in [-0.2, 0) is 16.1 Å². The van der Waals surface area contributed by atoms with E-state index in [9.17, 15) is 14.9 Å². The molecule has 0 saturated heterocycles. The Morgan fingerprint density at radius 3 is 2.76 bits per heavy atom. The number of benzene rings is 1. The van der Waals surface area contributed by atoms with Crippen LogP contribution in [0, 0.1) is 10.1 Å². The van der Waals surface area contributed by atoms with Crippen molar-refractivity contribution in [2.75, 3.05) is 0 Å². The number of hydrogen-bond donors (Lipinski definition) is 1. The van der Waals surface area contributed by atoms with E-state index in [1.807, 2.05) is 0 Å². The standard InChI is InChI=1S/C10H10BrNO5/c1-6(10(13)14)17-5-7-2-3-8(12(15)16)4-9(7)11/h2-4,6H,5H2,1H3,(H,13,14). The van der Waals surface area contributed by atoms with Gasteiger partial charge in [-0.2, -0.15) is 0 Å². The Labute approximate surface area is 105 Å². The predicted octanol–water partition coefficient (Wildman–Crippen LogP) is 2.35. The summed E-state index contributed by atoms with van der Waals surface area (Å²) in [4.78, 5) is 20.5. The van der Waals surface area contributed by atoms with Crippen molar-refractivity contribution < 1.29 is 19.6 Å². The van der Waals surface area contributed by atoms with Gasteiger partial charge in [0.1, 0.15) is 0 Å². The average molecular weight is 304 g/mol. The third kappa shape index (κ3) is 3.79. The summed E-state index contributed by atoms with van der Waals surface area (Å²) in [5.41, 5.74) is 0.621. The van der Waals surface area contributed by atoms with Gasteiger partial charge in [0.25, 0.3) is 5.69 Å². The molecule has 1 rings (SSSR count). The summed E-state index contributed by atoms with van der Waals surface area (Å²) in [6.45, 7) is 1.49. The number of halogens is 1. The molecule has 7 heteroatoms. The van der Waals surface area contributed by atoms with Gasteiger partial charge in [-0.15, -0.1) is 0 Å². The summed E-state index contributed by atoms with van der Waals surface area (Å²) >= 11 is 3.17. The monoisotopic (exact) mass is 303 g/mol. The number of carbonyl (C=O) groups is 1. The van der Waals surface area contributed by atoms with E-state index < -0.39 is 17.0 Å². The van der Waals surface area contributed by atoms with Gasteiger partial charge in [0.05, 0.1) is 11.5 Å². The fourth-order valence-electron chi connectivity index (χ4n) is 1.05. The van der Waals surface area contributed by atoms with E-state index in [0.29, 0.717) is 10.0 Å². The fourth-order valence-corrected chi connectivity index (χ4v) is 1.53. The van der Waals surface area contributed by atoms with E-state index in [4.69, 9.17) is 9.84 Å². The Bertz CT molecular complexity index is 448. The number of nitrogens with zero attached hydrogens (tertiary/aromatic N) is 1. The Balaban J connectivity index is 2.73. The number of rotatable bonds is 5. The van der Waals surface area contributed by atoms with Gasteiger partial charge in [0.15, 0.2) is 6.10 Å². The van der Waals surface area contributed by atoms with Crippen molar-refractivity contribution >= 4 is 27.6 Å². The molecule has 92 valence electrons. The van der Waals surface area contributed by atoms with Crippen LogP contribution in [0.15, 0.2) is 22.7 Å². The van der Waals surface area contributed by atoms with Gasteiger partial charge >= 0.3 is 5.97 Å². The van der Waals surface area contributed by atoms with Crippen molar-refractivity contribution in [3.63, 3.8) is 0 Å². The van der Waals surface area contributed by atoms with Crippen molar-refractivity contribution in [2.45, 2.75) is 19.6 Å². The number of non-ortho nitro benzene ring substituents is 1. The lowest BCUT2D eigenvalue weighted by molar-refractivity contribution is -0.385. The third-order valence-corrected chi connectivity index (χ3v) is 2.82. The van der Waals surface area contributed by atoms with Crippen LogP contribution in [0.25, 0.3) is 0 Å². The van der Waals surface area contributed by atoms with Crippen molar-refractivity contribution in [3.8, 4) is 0 Å². The van der Waals surface area contributed by atoms with Crippen LogP contribution < -0.4 is 0 Å². The van der Waals surface area contributed by atoms with Gasteiger partial charge in [-0.3, -0.25) is 10.1 Å². The molecular weight excluding hydrogens is 294 g/mol. The molecule has 0 saturated carbocycles. The smallest absolute Gasteiger partial charge is 0.332 e. The minimum absolute atomic E-state index is 0.0353. The zero-order valence-electron chi connectivity index (χ0n) is 8.92. The second kappa shape index (κ2) is 5.74. The Kier molecular flexibility index (Phi) is 4.59. The van der Waals surface area contributed by atoms with Crippen molar-refractivity contribution in [1.82, 2.24) is 0 Å². The number of nitro benzene ring substituents is 1. The molecule has 1 unspecified atom stereocenters. The maximum atomic E-state index is 10.5. The highest BCUT2D eigenvalue weighted by atomic mass is 79.9. The van der Waals surface area contributed by atoms with Crippen molar-refractivity contribution in [1.29, 1.82) is 0 Å². The number of hydrogen-bond acceptors (Lipinski definition) is 4. The first-order chi connectivity index (χ1) is 7.91. The van der Waals surface area contributed by atoms with E-state index in [0.717, 1.165) is 0 Å². The van der Waals surface area contributed by atoms with Crippen molar-refractivity contribution in [2.24, 2.45) is 0 Å². The third-order valence-electron chi connectivity index (χ3n) is 2.08. The molecule has 0 bridgehead atoms. The normalized spacial score (nSPS) is 12.1. The number of carboxylic acids is 1. The van der Waals surface area contributed by atoms with Crippen LogP contribution >= 0.6 is 15.9 Å². The van der Waals surface area contributed by atoms with Crippen LogP contribution in [0.5, 0.6) is 0 Å². The summed E-state index contributed by atoms with van der Waals surface area (Å²) in [6.07, 6.45) is -0.919. The van der Waals surface area contributed by atoms with Gasteiger partial charge in [-0.05, 0) is 18.6 Å². The van der Waals surface area contributed by atoms with Crippen LogP contribution in [-0.4, -0.2) is 22.1 Å². The lowest BCUT2D eigenvalue weighted by Crippen LogP contribution is -2.19. The van der Waals surface area contributed by atoms with Gasteiger partial charge < -0.3 is 9.84 Å². The molecule has 0 aliphatic carbocycles. The average Bonchev–Trinajstić information content (AvgIpc) is 2.26. The number of carboxylic acid groups (broad SMARTS) is 1. The van der Waals surface area contributed by atoms with Crippen LogP contribution in [0.3, 0.4) is 0 Å². The number of aliphatic carboxylic acids is 1. The SMILES string of the molecule is CC(OCc1ccc([N+](=O)[O-])cc1Br)C(=O)O. The highest BCUT2D eigenvalue weighted by Gasteiger charge is 2.13. The molecule has 1 aromatic carbocycles. The minimum Gasteiger partial charge on any atom is -0.479 e. The van der Waals surface area contributed by atoms with Gasteiger partial charge in [0, 0.05) is 16.6 Å². The van der Waals surface area contributed by atoms with Gasteiger partial charge in [0.2, 0.25) is 0 Å². The van der Waals surface area contributed by atoms with Gasteiger partial charge in [-0.1, -0.05) is 15.9 Å². The lowest BCUT2D eigenvalue weighted by Gasteiger charge is -2.09. The minimum atomic E-state index is -1.05. The molecular formula is C10H10BrNO5. The Hall–Kier alpha value is -1.47. The second-order valence-corrected chi connectivity index (χ2v) is 4.18. The molecule has 0 fully saturated rings. The molecule has 0 heterocycles. The van der Waals surface area contributed by atoms with Crippen LogP contribution in [0.2, 0.25) is 0 Å². The summed E-state index contributed by atoms with van der Waals surface area (Å²) in [5, 5.41) is 19.1. The molecule has 1 aromatic rings. The molecule has 0 radical (unpaired) electrons. The highest BCUT2D eigenvalue weighted by molar-refractivity contribution is 9.10. The summed E-state index contributed by atoms with van der Waals surface area (Å²) in [5.74, 6) is -1.05. The van der Waals surface area contributed by atoms with E-state index in [-0.39, 0.29) is 12.3 Å². The first-order valence-corrected chi connectivity index (χ1v) is 5.48. The molecule has 6 nitrogen and oxygen atoms in total. The number of ether oxygens (including phenoxy) is 1. The van der Waals surface area contributed by atoms with Crippen LogP contribution in [0.1, 0.15) is 12.5 Å². The van der Waals surface area contributed by atoms with E-state index in [1.165, 1.54) is 25.1 Å².